The van der Waals surface area contributed by atoms with E-state index >= 15 is 0 Å². The van der Waals surface area contributed by atoms with Crippen molar-refractivity contribution in [3.05, 3.63) is 35.9 Å². The molecule has 1 saturated heterocycles. The second-order valence-electron chi connectivity index (χ2n) is 17.2. The second kappa shape index (κ2) is 29.1. The van der Waals surface area contributed by atoms with Crippen molar-refractivity contribution < 1.29 is 58.2 Å². The second-order valence-corrected chi connectivity index (χ2v) is 18.2. The monoisotopic (exact) mass is 962 g/mol. The van der Waals surface area contributed by atoms with E-state index in [4.69, 9.17) is 11.5 Å². The van der Waals surface area contributed by atoms with Crippen molar-refractivity contribution in [2.24, 2.45) is 23.3 Å². The molecule has 22 nitrogen and oxygen atoms in total. The van der Waals surface area contributed by atoms with Crippen molar-refractivity contribution in [2.75, 3.05) is 31.7 Å². The van der Waals surface area contributed by atoms with Crippen molar-refractivity contribution in [3.63, 3.8) is 0 Å². The van der Waals surface area contributed by atoms with Crippen LogP contribution in [0.1, 0.15) is 85.1 Å². The van der Waals surface area contributed by atoms with Gasteiger partial charge in [0, 0.05) is 19.9 Å². The van der Waals surface area contributed by atoms with Crippen LogP contribution in [0.15, 0.2) is 30.3 Å². The number of hydrogen-bond acceptors (Lipinski definition) is 13. The summed E-state index contributed by atoms with van der Waals surface area (Å²) < 4.78 is 0. The maximum absolute atomic E-state index is 14.1. The first-order valence-electron chi connectivity index (χ1n) is 22.4. The maximum Gasteiger partial charge on any atom is 0.305 e. The summed E-state index contributed by atoms with van der Waals surface area (Å²) in [6.07, 6.45) is 2.57. The number of primary amides is 1. The number of unbranched alkanes of at least 4 members (excludes halogenated alkanes) is 1. The molecule has 0 radical (unpaired) electrons. The van der Waals surface area contributed by atoms with Gasteiger partial charge in [0.1, 0.15) is 48.3 Å². The summed E-state index contributed by atoms with van der Waals surface area (Å²) in [6, 6.07) is -1.82. The topological polar surface area (TPSA) is 351 Å². The third-order valence-corrected chi connectivity index (χ3v) is 11.5. The maximum atomic E-state index is 14.1. The zero-order chi connectivity index (χ0) is 50.4. The molecule has 2 rings (SSSR count). The first-order valence-corrected chi connectivity index (χ1v) is 23.8. The van der Waals surface area contributed by atoms with E-state index in [0.29, 0.717) is 37.1 Å². The Morgan fingerprint density at radius 1 is 0.761 bits per heavy atom. The molecule has 1 fully saturated rings. The SMILES string of the molecule is CSCC[C@H](NC(=O)[C@H](CC(C)C)N1CCC(NC(=O)[C@@H](NC(=O)[C@H](Cc2ccccc2)NC(=O)[C@H](CO)NC(=O)[C@H](CC(=O)O)NC(=O)[C@H](CCCCN)NC(C)=O)C(C)C)C1=O)C(N)=O. The van der Waals surface area contributed by atoms with Gasteiger partial charge in [-0.25, -0.2) is 0 Å². The number of rotatable bonds is 30. The fraction of sp³-hybridized carbons (Fsp3) is 0.636. The van der Waals surface area contributed by atoms with Gasteiger partial charge in [-0.2, -0.15) is 11.8 Å². The van der Waals surface area contributed by atoms with Crippen LogP contribution in [-0.2, 0) is 54.4 Å². The number of amides is 9. The van der Waals surface area contributed by atoms with Gasteiger partial charge in [0.05, 0.1) is 13.0 Å². The molecule has 0 aliphatic carbocycles. The fourth-order valence-corrected chi connectivity index (χ4v) is 7.74. The fourth-order valence-electron chi connectivity index (χ4n) is 7.27. The average Bonchev–Trinajstić information content (AvgIpc) is 3.61. The summed E-state index contributed by atoms with van der Waals surface area (Å²) in [5.41, 5.74) is 11.7. The van der Waals surface area contributed by atoms with E-state index in [-0.39, 0.29) is 38.1 Å². The molecule has 0 bridgehead atoms. The Labute approximate surface area is 395 Å². The number of carbonyl (C=O) groups excluding carboxylic acids is 9. The molecule has 23 heteroatoms. The Morgan fingerprint density at radius 2 is 1.34 bits per heavy atom. The minimum atomic E-state index is -1.76. The minimum Gasteiger partial charge on any atom is -0.481 e. The van der Waals surface area contributed by atoms with Gasteiger partial charge in [0.15, 0.2) is 0 Å². The predicted octanol–water partition coefficient (Wildman–Crippen LogP) is -2.22. The number of nitrogens with zero attached hydrogens (tertiary/aromatic N) is 1. The molecule has 0 saturated carbocycles. The van der Waals surface area contributed by atoms with Gasteiger partial charge in [0.25, 0.3) is 0 Å². The Morgan fingerprint density at radius 3 is 1.90 bits per heavy atom. The molecule has 67 heavy (non-hydrogen) atoms. The number of likely N-dealkylation sites (tertiary alicyclic amines) is 1. The molecule has 1 heterocycles. The summed E-state index contributed by atoms with van der Waals surface area (Å²) in [4.78, 5) is 133. The van der Waals surface area contributed by atoms with Gasteiger partial charge in [-0.1, -0.05) is 58.0 Å². The zero-order valence-corrected chi connectivity index (χ0v) is 39.9. The van der Waals surface area contributed by atoms with Crippen LogP contribution < -0.4 is 48.7 Å². The first-order chi connectivity index (χ1) is 31.6. The molecule has 1 aliphatic rings. The molecule has 13 N–H and O–H groups in total. The van der Waals surface area contributed by atoms with E-state index in [1.165, 1.54) is 23.6 Å². The lowest BCUT2D eigenvalue weighted by Crippen LogP contribution is -2.61. The molecule has 8 atom stereocenters. The number of thioether (sulfide) groups is 1. The summed E-state index contributed by atoms with van der Waals surface area (Å²) in [6.45, 7) is 7.64. The predicted molar refractivity (Wildman–Crippen MR) is 248 cm³/mol. The quantitative estimate of drug-likeness (QED) is 0.0364. The van der Waals surface area contributed by atoms with Crippen LogP contribution in [0.3, 0.4) is 0 Å². The molecule has 1 aromatic rings. The number of carboxylic acids is 1. The van der Waals surface area contributed by atoms with Crippen LogP contribution in [-0.4, -0.2) is 154 Å². The number of aliphatic carboxylic acids is 1. The lowest BCUT2D eigenvalue weighted by Gasteiger charge is -2.30. The van der Waals surface area contributed by atoms with Crippen LogP contribution in [0.25, 0.3) is 0 Å². The Balaban J connectivity index is 2.29. The first kappa shape index (κ1) is 57.3. The van der Waals surface area contributed by atoms with Crippen molar-refractivity contribution in [2.45, 2.75) is 134 Å². The lowest BCUT2D eigenvalue weighted by molar-refractivity contribution is -0.141. The van der Waals surface area contributed by atoms with Crippen molar-refractivity contribution >= 4 is 70.9 Å². The van der Waals surface area contributed by atoms with E-state index in [9.17, 15) is 58.2 Å². The number of nitrogens with two attached hydrogens (primary N) is 2. The number of nitrogens with one attached hydrogen (secondary N) is 7. The van der Waals surface area contributed by atoms with Crippen LogP contribution in [0, 0.1) is 11.8 Å². The molecule has 0 aromatic heterocycles. The Hall–Kier alpha value is -5.81. The molecular weight excluding hydrogens is 893 g/mol. The number of carboxylic acid groups (broad SMARTS) is 1. The van der Waals surface area contributed by atoms with Gasteiger partial charge in [-0.05, 0) is 74.5 Å². The van der Waals surface area contributed by atoms with Crippen molar-refractivity contribution in [1.29, 1.82) is 0 Å². The van der Waals surface area contributed by atoms with Crippen LogP contribution >= 0.6 is 11.8 Å². The van der Waals surface area contributed by atoms with Gasteiger partial charge in [0.2, 0.25) is 53.2 Å². The number of hydrogen-bond donors (Lipinski definition) is 11. The summed E-state index contributed by atoms with van der Waals surface area (Å²) in [5, 5.41) is 37.3. The van der Waals surface area contributed by atoms with E-state index in [0.717, 1.165) is 0 Å². The van der Waals surface area contributed by atoms with E-state index in [1.54, 1.807) is 44.2 Å². The number of benzene rings is 1. The van der Waals surface area contributed by atoms with Crippen LogP contribution in [0.5, 0.6) is 0 Å². The van der Waals surface area contributed by atoms with Crippen molar-refractivity contribution in [3.8, 4) is 0 Å². The Bertz CT molecular complexity index is 1870. The molecule has 9 amide bonds. The number of carbonyl (C=O) groups is 10. The normalized spacial score (nSPS) is 16.7. The Kier molecular flexibility index (Phi) is 24.9. The third kappa shape index (κ3) is 19.5. The molecule has 1 aliphatic heterocycles. The standard InChI is InChI=1S/C44H70N10O12S/c1-24(2)20-34(42(64)48-28(37(46)59)16-19-67-6)54-18-15-30(44(54)66)49-43(65)36(25(3)4)53-40(62)31(21-27-12-8-7-9-13-27)50-41(63)33(23-55)52-39(61)32(22-35(57)58)51-38(60)29(47-26(5)56)14-10-11-17-45/h7-9,12-13,24-25,28-34,36,55H,10-11,14-23,45H2,1-6H3,(H2,46,59)(H,47,56)(H,48,64)(H,49,65)(H,50,63)(H,51,60)(H,52,61)(H,53,62)(H,57,58)/t28-,29-,30?,31-,32-,33-,34-,36-/m0/s1. The molecule has 374 valence electrons. The molecule has 1 aromatic carbocycles. The van der Waals surface area contributed by atoms with E-state index in [2.05, 4.69) is 37.2 Å². The minimum absolute atomic E-state index is 0.0299. The lowest BCUT2D eigenvalue weighted by atomic mass is 10.00. The molecule has 1 unspecified atom stereocenters. The van der Waals surface area contributed by atoms with Gasteiger partial charge in [-0.15, -0.1) is 0 Å². The van der Waals surface area contributed by atoms with Crippen LogP contribution in [0.2, 0.25) is 0 Å². The largest absolute Gasteiger partial charge is 0.481 e. The van der Waals surface area contributed by atoms with Gasteiger partial charge < -0.3 is 63.8 Å². The highest BCUT2D eigenvalue weighted by Gasteiger charge is 2.42. The average molecular weight is 963 g/mol. The van der Waals surface area contributed by atoms with Gasteiger partial charge in [-0.3, -0.25) is 47.9 Å². The highest BCUT2D eigenvalue weighted by molar-refractivity contribution is 7.98. The van der Waals surface area contributed by atoms with Crippen molar-refractivity contribution in [1.82, 2.24) is 42.1 Å². The summed E-state index contributed by atoms with van der Waals surface area (Å²) in [7, 11) is 0. The highest BCUT2D eigenvalue weighted by atomic mass is 32.2. The van der Waals surface area contributed by atoms with Crippen LogP contribution in [0.4, 0.5) is 0 Å². The smallest absolute Gasteiger partial charge is 0.305 e. The number of aliphatic hydroxyl groups is 1. The molecule has 0 spiro atoms. The van der Waals surface area contributed by atoms with E-state index < -0.39 is 126 Å². The highest BCUT2D eigenvalue weighted by Crippen LogP contribution is 2.21. The molecular formula is C44H70N10O12S. The summed E-state index contributed by atoms with van der Waals surface area (Å²) in [5.74, 6) is -8.53. The third-order valence-electron chi connectivity index (χ3n) is 10.8. The summed E-state index contributed by atoms with van der Waals surface area (Å²) >= 11 is 1.48. The zero-order valence-electron chi connectivity index (χ0n) is 39.1. The van der Waals surface area contributed by atoms with E-state index in [1.807, 2.05) is 20.1 Å². The number of aliphatic hydroxyl groups excluding tert-OH is 1. The van der Waals surface area contributed by atoms with Gasteiger partial charge >= 0.3 is 5.97 Å².